The fourth-order valence-electron chi connectivity index (χ4n) is 3.25. The molecule has 0 atom stereocenters. The number of aromatic nitrogens is 3. The van der Waals surface area contributed by atoms with Crippen LogP contribution in [0.5, 0.6) is 0 Å². The first-order valence-electron chi connectivity index (χ1n) is 8.85. The van der Waals surface area contributed by atoms with E-state index in [4.69, 9.17) is 0 Å². The van der Waals surface area contributed by atoms with Crippen LogP contribution in [-0.4, -0.2) is 37.8 Å². The molecule has 1 fully saturated rings. The van der Waals surface area contributed by atoms with Crippen LogP contribution in [0.1, 0.15) is 36.2 Å². The maximum atomic E-state index is 12.6. The maximum absolute atomic E-state index is 12.6. The normalized spacial score (nSPS) is 20.0. The van der Waals surface area contributed by atoms with Gasteiger partial charge in [-0.3, -0.25) is 4.79 Å². The third-order valence-electron chi connectivity index (χ3n) is 4.68. The van der Waals surface area contributed by atoms with Gasteiger partial charge in [-0.2, -0.15) is 0 Å². The van der Waals surface area contributed by atoms with Gasteiger partial charge in [0.1, 0.15) is 5.82 Å². The van der Waals surface area contributed by atoms with Gasteiger partial charge in [0, 0.05) is 11.7 Å². The molecule has 1 aromatic carbocycles. The Balaban J connectivity index is 1.53. The number of fused-ring (bicyclic) bond motifs is 1. The van der Waals surface area contributed by atoms with E-state index in [1.807, 2.05) is 42.5 Å². The van der Waals surface area contributed by atoms with Crippen LogP contribution in [0.25, 0.3) is 5.65 Å². The summed E-state index contributed by atoms with van der Waals surface area (Å²) >= 11 is 0. The number of imidazole rings is 1. The number of aliphatic hydroxyl groups excluding tert-OH is 1. The molecule has 1 saturated carbocycles. The van der Waals surface area contributed by atoms with Crippen LogP contribution in [0.3, 0.4) is 0 Å². The first-order valence-corrected chi connectivity index (χ1v) is 8.85. The lowest BCUT2D eigenvalue weighted by atomic mass is 9.93. The molecule has 3 aromatic rings. The molecule has 3 N–H and O–H groups in total. The molecular formula is C19H21N5O2. The van der Waals surface area contributed by atoms with Gasteiger partial charge in [-0.05, 0) is 49.9 Å². The summed E-state index contributed by atoms with van der Waals surface area (Å²) in [6.45, 7) is 0. The van der Waals surface area contributed by atoms with Crippen molar-refractivity contribution in [2.24, 2.45) is 0 Å². The van der Waals surface area contributed by atoms with Crippen LogP contribution in [0.4, 0.5) is 11.5 Å². The van der Waals surface area contributed by atoms with Crippen molar-refractivity contribution in [1.29, 1.82) is 0 Å². The Morgan fingerprint density at radius 1 is 1.08 bits per heavy atom. The van der Waals surface area contributed by atoms with E-state index in [1.54, 1.807) is 4.52 Å². The molecule has 0 saturated heterocycles. The van der Waals surface area contributed by atoms with Crippen LogP contribution >= 0.6 is 0 Å². The third-order valence-corrected chi connectivity index (χ3v) is 4.68. The van der Waals surface area contributed by atoms with E-state index in [1.165, 1.54) is 6.20 Å². The second-order valence-electron chi connectivity index (χ2n) is 6.60. The average Bonchev–Trinajstić information content (AvgIpc) is 3.08. The van der Waals surface area contributed by atoms with E-state index >= 15 is 0 Å². The number of rotatable bonds is 4. The van der Waals surface area contributed by atoms with Crippen LogP contribution in [0.15, 0.2) is 48.7 Å². The zero-order chi connectivity index (χ0) is 17.9. The van der Waals surface area contributed by atoms with E-state index < -0.39 is 0 Å². The molecule has 1 aliphatic rings. The van der Waals surface area contributed by atoms with Crippen molar-refractivity contribution in [2.75, 3.05) is 10.6 Å². The number of hydrogen-bond donors (Lipinski definition) is 3. The van der Waals surface area contributed by atoms with Crippen molar-refractivity contribution in [2.45, 2.75) is 37.8 Å². The van der Waals surface area contributed by atoms with Crippen molar-refractivity contribution in [3.05, 3.63) is 54.4 Å². The molecule has 0 bridgehead atoms. The fourth-order valence-corrected chi connectivity index (χ4v) is 3.25. The summed E-state index contributed by atoms with van der Waals surface area (Å²) in [6, 6.07) is 13.3. The number of para-hydroxylation sites is 1. The van der Waals surface area contributed by atoms with E-state index in [0.29, 0.717) is 17.2 Å². The van der Waals surface area contributed by atoms with Crippen molar-refractivity contribution in [3.63, 3.8) is 0 Å². The quantitative estimate of drug-likeness (QED) is 0.672. The summed E-state index contributed by atoms with van der Waals surface area (Å²) in [6.07, 6.45) is 4.76. The molecule has 4 rings (SSSR count). The molecule has 7 heteroatoms. The lowest BCUT2D eigenvalue weighted by Crippen LogP contribution is -2.28. The minimum Gasteiger partial charge on any atom is -0.393 e. The minimum absolute atomic E-state index is 0.189. The Kier molecular flexibility index (Phi) is 4.53. The summed E-state index contributed by atoms with van der Waals surface area (Å²) in [5.74, 6) is 0.444. The number of aliphatic hydroxyl groups is 1. The zero-order valence-corrected chi connectivity index (χ0v) is 14.3. The highest BCUT2D eigenvalue weighted by molar-refractivity contribution is 6.03. The fraction of sp³-hybridized carbons (Fsp3) is 0.316. The average molecular weight is 351 g/mol. The smallest absolute Gasteiger partial charge is 0.276 e. The van der Waals surface area contributed by atoms with Gasteiger partial charge < -0.3 is 15.7 Å². The molecule has 1 amide bonds. The summed E-state index contributed by atoms with van der Waals surface area (Å²) in [5, 5.41) is 20.4. The number of anilines is 2. The Bertz CT molecular complexity index is 901. The molecule has 0 aliphatic heterocycles. The highest BCUT2D eigenvalue weighted by atomic mass is 16.3. The van der Waals surface area contributed by atoms with Crippen LogP contribution in [0.2, 0.25) is 0 Å². The van der Waals surface area contributed by atoms with Crippen molar-refractivity contribution < 1.29 is 9.90 Å². The molecule has 134 valence electrons. The topological polar surface area (TPSA) is 91.5 Å². The minimum atomic E-state index is -0.255. The molecule has 7 nitrogen and oxygen atoms in total. The molecule has 0 radical (unpaired) electrons. The Hall–Kier alpha value is -2.93. The van der Waals surface area contributed by atoms with Crippen LogP contribution < -0.4 is 10.6 Å². The second kappa shape index (κ2) is 7.13. The van der Waals surface area contributed by atoms with E-state index in [2.05, 4.69) is 20.7 Å². The predicted molar refractivity (Wildman–Crippen MR) is 99.3 cm³/mol. The summed E-state index contributed by atoms with van der Waals surface area (Å²) in [7, 11) is 0. The van der Waals surface area contributed by atoms with Gasteiger partial charge in [0.2, 0.25) is 0 Å². The molecule has 2 heterocycles. The van der Waals surface area contributed by atoms with Gasteiger partial charge in [-0.25, -0.2) is 9.50 Å². The highest BCUT2D eigenvalue weighted by Gasteiger charge is 2.20. The van der Waals surface area contributed by atoms with Gasteiger partial charge in [0.25, 0.3) is 5.91 Å². The van der Waals surface area contributed by atoms with Gasteiger partial charge >= 0.3 is 0 Å². The monoisotopic (exact) mass is 351 g/mol. The molecule has 26 heavy (non-hydrogen) atoms. The van der Waals surface area contributed by atoms with Crippen molar-refractivity contribution in [1.82, 2.24) is 14.6 Å². The van der Waals surface area contributed by atoms with Gasteiger partial charge in [0.15, 0.2) is 11.3 Å². The lowest BCUT2D eigenvalue weighted by Gasteiger charge is -2.26. The number of carbonyl (C=O) groups excluding carboxylic acids is 1. The number of amides is 1. The van der Waals surface area contributed by atoms with Gasteiger partial charge in [-0.15, -0.1) is 5.10 Å². The van der Waals surface area contributed by atoms with Crippen molar-refractivity contribution in [3.8, 4) is 0 Å². The third kappa shape index (κ3) is 3.52. The van der Waals surface area contributed by atoms with E-state index in [0.717, 1.165) is 31.4 Å². The summed E-state index contributed by atoms with van der Waals surface area (Å²) in [5.41, 5.74) is 1.72. The molecule has 2 aromatic heterocycles. The zero-order valence-electron chi connectivity index (χ0n) is 14.3. The predicted octanol–water partition coefficient (Wildman–Crippen LogP) is 2.70. The van der Waals surface area contributed by atoms with Crippen LogP contribution in [-0.2, 0) is 0 Å². The molecular weight excluding hydrogens is 330 g/mol. The van der Waals surface area contributed by atoms with Crippen molar-refractivity contribution >= 4 is 23.1 Å². The molecule has 0 unspecified atom stereocenters. The second-order valence-corrected chi connectivity index (χ2v) is 6.60. The summed E-state index contributed by atoms with van der Waals surface area (Å²) in [4.78, 5) is 16.8. The van der Waals surface area contributed by atoms with E-state index in [-0.39, 0.29) is 18.1 Å². The van der Waals surface area contributed by atoms with Gasteiger partial charge in [0.05, 0.1) is 12.3 Å². The maximum Gasteiger partial charge on any atom is 0.276 e. The SMILES string of the molecule is O=C(Nc1ccccc1)c1cnc2ccc(NC3CCC(O)CC3)nn12. The Morgan fingerprint density at radius 2 is 1.85 bits per heavy atom. The number of carbonyl (C=O) groups is 1. The van der Waals surface area contributed by atoms with Gasteiger partial charge in [-0.1, -0.05) is 18.2 Å². The van der Waals surface area contributed by atoms with Crippen LogP contribution in [0, 0.1) is 0 Å². The highest BCUT2D eigenvalue weighted by Crippen LogP contribution is 2.21. The summed E-state index contributed by atoms with van der Waals surface area (Å²) < 4.78 is 1.55. The molecule has 1 aliphatic carbocycles. The Morgan fingerprint density at radius 3 is 2.62 bits per heavy atom. The number of benzene rings is 1. The first kappa shape index (κ1) is 16.5. The Labute approximate surface area is 151 Å². The molecule has 0 spiro atoms. The first-order chi connectivity index (χ1) is 12.7. The lowest BCUT2D eigenvalue weighted by molar-refractivity contribution is 0.102. The van der Waals surface area contributed by atoms with E-state index in [9.17, 15) is 9.90 Å². The number of nitrogens with one attached hydrogen (secondary N) is 2. The standard InChI is InChI=1S/C19H21N5O2/c25-15-8-6-14(7-9-15)21-17-10-11-18-20-12-16(24(18)23-17)19(26)22-13-4-2-1-3-5-13/h1-5,10-12,14-15,25H,6-9H2,(H,21,23)(H,22,26). The number of nitrogens with zero attached hydrogens (tertiary/aromatic N) is 3. The largest absolute Gasteiger partial charge is 0.393 e. The number of hydrogen-bond acceptors (Lipinski definition) is 5.